The molecule has 0 saturated heterocycles. The second kappa shape index (κ2) is 6.09. The summed E-state index contributed by atoms with van der Waals surface area (Å²) < 4.78 is 0.924. The molecule has 0 fully saturated rings. The molecule has 1 rings (SSSR count). The minimum Gasteiger partial charge on any atom is -0.396 e. The quantitative estimate of drug-likeness (QED) is 0.903. The van der Waals surface area contributed by atoms with E-state index in [1.54, 1.807) is 6.20 Å². The third-order valence-corrected chi connectivity index (χ3v) is 3.21. The Balaban J connectivity index is 2.86. The third-order valence-electron chi connectivity index (χ3n) is 2.77. The van der Waals surface area contributed by atoms with Crippen LogP contribution in [0.4, 0.5) is 11.5 Å². The first-order chi connectivity index (χ1) is 7.58. The van der Waals surface area contributed by atoms with Gasteiger partial charge >= 0.3 is 0 Å². The van der Waals surface area contributed by atoms with Gasteiger partial charge in [-0.25, -0.2) is 4.98 Å². The Kier molecular flexibility index (Phi) is 5.06. The second-order valence-corrected chi connectivity index (χ2v) is 5.03. The van der Waals surface area contributed by atoms with E-state index in [-0.39, 0.29) is 0 Å². The highest BCUT2D eigenvalue weighted by Gasteiger charge is 2.12. The van der Waals surface area contributed by atoms with Gasteiger partial charge in [0.25, 0.3) is 0 Å². The van der Waals surface area contributed by atoms with Crippen molar-refractivity contribution in [3.05, 3.63) is 16.7 Å². The number of aromatic nitrogens is 1. The number of nitrogen functional groups attached to an aromatic ring is 1. The van der Waals surface area contributed by atoms with E-state index in [0.717, 1.165) is 29.1 Å². The van der Waals surface area contributed by atoms with Gasteiger partial charge in [-0.3, -0.25) is 0 Å². The van der Waals surface area contributed by atoms with Crippen LogP contribution in [0, 0.1) is 5.92 Å². The summed E-state index contributed by atoms with van der Waals surface area (Å²) in [5.74, 6) is 1.55. The number of anilines is 2. The lowest BCUT2D eigenvalue weighted by Gasteiger charge is -2.26. The van der Waals surface area contributed by atoms with Crippen LogP contribution in [0.1, 0.15) is 27.2 Å². The Labute approximate surface area is 106 Å². The molecule has 0 aliphatic rings. The van der Waals surface area contributed by atoms with Crippen molar-refractivity contribution in [1.29, 1.82) is 0 Å². The summed E-state index contributed by atoms with van der Waals surface area (Å²) in [5, 5.41) is 0. The van der Waals surface area contributed by atoms with Gasteiger partial charge < -0.3 is 10.6 Å². The van der Waals surface area contributed by atoms with Crippen molar-refractivity contribution < 1.29 is 0 Å². The monoisotopic (exact) mass is 285 g/mol. The summed E-state index contributed by atoms with van der Waals surface area (Å²) in [6.07, 6.45) is 2.97. The van der Waals surface area contributed by atoms with Crippen molar-refractivity contribution in [1.82, 2.24) is 4.98 Å². The molecule has 0 radical (unpaired) electrons. The Bertz CT molecular complexity index is 341. The molecule has 90 valence electrons. The molecule has 3 nitrogen and oxygen atoms in total. The van der Waals surface area contributed by atoms with Gasteiger partial charge in [-0.05, 0) is 34.8 Å². The molecule has 0 amide bonds. The van der Waals surface area contributed by atoms with E-state index in [9.17, 15) is 0 Å². The highest BCUT2D eigenvalue weighted by Crippen LogP contribution is 2.24. The van der Waals surface area contributed by atoms with Crippen LogP contribution in [0.15, 0.2) is 16.7 Å². The number of hydrogen-bond acceptors (Lipinski definition) is 3. The normalized spacial score (nSPS) is 12.5. The SMILES string of the molecule is CCC(C)CN(CC)c1ncc(Br)cc1N. The lowest BCUT2D eigenvalue weighted by atomic mass is 10.1. The van der Waals surface area contributed by atoms with Gasteiger partial charge in [0.1, 0.15) is 0 Å². The van der Waals surface area contributed by atoms with Gasteiger partial charge in [-0.2, -0.15) is 0 Å². The van der Waals surface area contributed by atoms with Gasteiger partial charge in [0.05, 0.1) is 5.69 Å². The maximum absolute atomic E-state index is 5.98. The first-order valence-electron chi connectivity index (χ1n) is 5.74. The van der Waals surface area contributed by atoms with Gasteiger partial charge in [-0.1, -0.05) is 20.3 Å². The van der Waals surface area contributed by atoms with E-state index in [0.29, 0.717) is 5.92 Å². The predicted octanol–water partition coefficient (Wildman–Crippen LogP) is 3.30. The fourth-order valence-electron chi connectivity index (χ4n) is 1.58. The maximum Gasteiger partial charge on any atom is 0.151 e. The Morgan fingerprint density at radius 1 is 1.50 bits per heavy atom. The van der Waals surface area contributed by atoms with Crippen LogP contribution < -0.4 is 10.6 Å². The summed E-state index contributed by atoms with van der Waals surface area (Å²) in [6, 6.07) is 1.90. The molecule has 1 heterocycles. The van der Waals surface area contributed by atoms with Crippen molar-refractivity contribution in [3.63, 3.8) is 0 Å². The van der Waals surface area contributed by atoms with Gasteiger partial charge in [0.15, 0.2) is 5.82 Å². The minimum atomic E-state index is 0.657. The minimum absolute atomic E-state index is 0.657. The average molecular weight is 286 g/mol. The fourth-order valence-corrected chi connectivity index (χ4v) is 1.93. The summed E-state index contributed by atoms with van der Waals surface area (Å²) in [6.45, 7) is 8.52. The number of nitrogens with zero attached hydrogens (tertiary/aromatic N) is 2. The molecule has 1 atom stereocenters. The molecule has 0 spiro atoms. The van der Waals surface area contributed by atoms with Crippen molar-refractivity contribution in [2.75, 3.05) is 23.7 Å². The summed E-state index contributed by atoms with van der Waals surface area (Å²) in [5.41, 5.74) is 6.72. The summed E-state index contributed by atoms with van der Waals surface area (Å²) in [7, 11) is 0. The van der Waals surface area contributed by atoms with Crippen LogP contribution in [0.2, 0.25) is 0 Å². The van der Waals surface area contributed by atoms with Crippen LogP contribution in [-0.2, 0) is 0 Å². The van der Waals surface area contributed by atoms with Crippen LogP contribution in [0.5, 0.6) is 0 Å². The fraction of sp³-hybridized carbons (Fsp3) is 0.583. The Morgan fingerprint density at radius 2 is 2.19 bits per heavy atom. The highest BCUT2D eigenvalue weighted by atomic mass is 79.9. The van der Waals surface area contributed by atoms with Crippen molar-refractivity contribution in [3.8, 4) is 0 Å². The van der Waals surface area contributed by atoms with E-state index in [1.807, 2.05) is 6.07 Å². The lowest BCUT2D eigenvalue weighted by Crippen LogP contribution is -2.29. The van der Waals surface area contributed by atoms with E-state index < -0.39 is 0 Å². The molecule has 16 heavy (non-hydrogen) atoms. The lowest BCUT2D eigenvalue weighted by molar-refractivity contribution is 0.546. The summed E-state index contributed by atoms with van der Waals surface area (Å²) in [4.78, 5) is 6.62. The molecule has 0 saturated carbocycles. The molecule has 0 aliphatic carbocycles. The van der Waals surface area contributed by atoms with Crippen molar-refractivity contribution in [2.45, 2.75) is 27.2 Å². The molecule has 1 unspecified atom stereocenters. The molecule has 0 aliphatic heterocycles. The zero-order valence-electron chi connectivity index (χ0n) is 10.2. The molecular weight excluding hydrogens is 266 g/mol. The standard InChI is InChI=1S/C12H20BrN3/c1-4-9(3)8-16(5-2)12-11(14)6-10(13)7-15-12/h6-7,9H,4-5,8,14H2,1-3H3. The first kappa shape index (κ1) is 13.3. The zero-order valence-corrected chi connectivity index (χ0v) is 11.8. The number of halogens is 1. The first-order valence-corrected chi connectivity index (χ1v) is 6.53. The Hall–Kier alpha value is -0.770. The highest BCUT2D eigenvalue weighted by molar-refractivity contribution is 9.10. The topological polar surface area (TPSA) is 42.2 Å². The second-order valence-electron chi connectivity index (χ2n) is 4.12. The van der Waals surface area contributed by atoms with Crippen molar-refractivity contribution >= 4 is 27.4 Å². The maximum atomic E-state index is 5.98. The molecule has 4 heteroatoms. The van der Waals surface area contributed by atoms with Crippen LogP contribution in [-0.4, -0.2) is 18.1 Å². The van der Waals surface area contributed by atoms with Crippen LogP contribution in [0.3, 0.4) is 0 Å². The number of nitrogens with two attached hydrogens (primary N) is 1. The summed E-state index contributed by atoms with van der Waals surface area (Å²) >= 11 is 3.37. The number of rotatable bonds is 5. The van der Waals surface area contributed by atoms with Crippen molar-refractivity contribution in [2.24, 2.45) is 5.92 Å². The largest absolute Gasteiger partial charge is 0.396 e. The number of hydrogen-bond donors (Lipinski definition) is 1. The van der Waals surface area contributed by atoms with E-state index in [4.69, 9.17) is 5.73 Å². The third kappa shape index (κ3) is 3.37. The molecule has 2 N–H and O–H groups in total. The van der Waals surface area contributed by atoms with Gasteiger partial charge in [0, 0.05) is 23.8 Å². The molecule has 0 bridgehead atoms. The predicted molar refractivity (Wildman–Crippen MR) is 73.7 cm³/mol. The smallest absolute Gasteiger partial charge is 0.151 e. The van der Waals surface area contributed by atoms with Crippen LogP contribution >= 0.6 is 15.9 Å². The van der Waals surface area contributed by atoms with Crippen LogP contribution in [0.25, 0.3) is 0 Å². The van der Waals surface area contributed by atoms with Gasteiger partial charge in [-0.15, -0.1) is 0 Å². The Morgan fingerprint density at radius 3 is 2.69 bits per heavy atom. The van der Waals surface area contributed by atoms with E-state index >= 15 is 0 Å². The van der Waals surface area contributed by atoms with E-state index in [1.165, 1.54) is 6.42 Å². The molecule has 1 aromatic rings. The van der Waals surface area contributed by atoms with E-state index in [2.05, 4.69) is 46.6 Å². The molecular formula is C12H20BrN3. The average Bonchev–Trinajstić information content (AvgIpc) is 2.26. The van der Waals surface area contributed by atoms with Gasteiger partial charge in [0.2, 0.25) is 0 Å². The molecule has 0 aromatic carbocycles. The number of pyridine rings is 1. The molecule has 1 aromatic heterocycles. The zero-order chi connectivity index (χ0) is 12.1.